The molecule has 0 aromatic rings. The molecular weight excluding hydrogens is 208 g/mol. The van der Waals surface area contributed by atoms with E-state index >= 15 is 0 Å². The van der Waals surface area contributed by atoms with E-state index < -0.39 is 0 Å². The fourth-order valence-corrected chi connectivity index (χ4v) is 1.53. The van der Waals surface area contributed by atoms with Crippen molar-refractivity contribution < 1.29 is 19.1 Å². The van der Waals surface area contributed by atoms with Gasteiger partial charge in [-0.15, -0.1) is 0 Å². The molecule has 16 heavy (non-hydrogen) atoms. The summed E-state index contributed by atoms with van der Waals surface area (Å²) in [6, 6.07) is 0. The molecule has 0 unspecified atom stereocenters. The standard InChI is InChI=1S/C12H22O4/c13-11-15-9-7-5-3-1-2-4-6-8-10-16-12-14/h11-12H,1-10H2. The Balaban J connectivity index is 2.87. The Morgan fingerprint density at radius 1 is 0.562 bits per heavy atom. The third-order valence-electron chi connectivity index (χ3n) is 2.41. The quantitative estimate of drug-likeness (QED) is 0.360. The Labute approximate surface area is 97.3 Å². The van der Waals surface area contributed by atoms with Gasteiger partial charge in [0.15, 0.2) is 0 Å². The van der Waals surface area contributed by atoms with Crippen molar-refractivity contribution >= 4 is 12.9 Å². The van der Waals surface area contributed by atoms with Gasteiger partial charge in [-0.05, 0) is 12.8 Å². The summed E-state index contributed by atoms with van der Waals surface area (Å²) in [5.41, 5.74) is 0. The lowest BCUT2D eigenvalue weighted by Crippen LogP contribution is -1.92. The van der Waals surface area contributed by atoms with Gasteiger partial charge in [0, 0.05) is 0 Å². The number of rotatable bonds is 13. The summed E-state index contributed by atoms with van der Waals surface area (Å²) in [5, 5.41) is 0. The SMILES string of the molecule is O=COCCCCCCCCCCOC=O. The summed E-state index contributed by atoms with van der Waals surface area (Å²) >= 11 is 0. The molecule has 0 saturated heterocycles. The second-order valence-electron chi connectivity index (χ2n) is 3.76. The van der Waals surface area contributed by atoms with E-state index in [0.29, 0.717) is 26.2 Å². The first kappa shape index (κ1) is 14.9. The fraction of sp³-hybridized carbons (Fsp3) is 0.833. The van der Waals surface area contributed by atoms with E-state index in [4.69, 9.17) is 0 Å². The molecule has 0 rings (SSSR count). The largest absolute Gasteiger partial charge is 0.468 e. The molecule has 0 saturated carbocycles. The van der Waals surface area contributed by atoms with Gasteiger partial charge in [0.2, 0.25) is 0 Å². The van der Waals surface area contributed by atoms with Crippen molar-refractivity contribution in [2.75, 3.05) is 13.2 Å². The molecule has 0 amide bonds. The molecular formula is C12H22O4. The van der Waals surface area contributed by atoms with Crippen LogP contribution in [0.2, 0.25) is 0 Å². The Morgan fingerprint density at radius 3 is 1.19 bits per heavy atom. The van der Waals surface area contributed by atoms with Crippen LogP contribution in [-0.4, -0.2) is 26.2 Å². The summed E-state index contributed by atoms with van der Waals surface area (Å²) < 4.78 is 9.19. The highest BCUT2D eigenvalue weighted by Gasteiger charge is 1.92. The monoisotopic (exact) mass is 230 g/mol. The zero-order valence-corrected chi connectivity index (χ0v) is 9.86. The minimum atomic E-state index is 0.501. The lowest BCUT2D eigenvalue weighted by Gasteiger charge is -2.01. The molecule has 94 valence electrons. The Kier molecular flexibility index (Phi) is 13.0. The van der Waals surface area contributed by atoms with E-state index in [1.165, 1.54) is 25.7 Å². The molecule has 0 atom stereocenters. The van der Waals surface area contributed by atoms with Crippen LogP contribution in [0.25, 0.3) is 0 Å². The summed E-state index contributed by atoms with van der Waals surface area (Å²) in [5.74, 6) is 0. The fourth-order valence-electron chi connectivity index (χ4n) is 1.53. The van der Waals surface area contributed by atoms with Gasteiger partial charge in [-0.1, -0.05) is 38.5 Å². The molecule has 0 aromatic carbocycles. The van der Waals surface area contributed by atoms with Crippen LogP contribution in [0.4, 0.5) is 0 Å². The lowest BCUT2D eigenvalue weighted by molar-refractivity contribution is -0.129. The van der Waals surface area contributed by atoms with Crippen LogP contribution in [0.15, 0.2) is 0 Å². The van der Waals surface area contributed by atoms with Crippen LogP contribution in [0, 0.1) is 0 Å². The van der Waals surface area contributed by atoms with E-state index in [9.17, 15) is 9.59 Å². The third-order valence-corrected chi connectivity index (χ3v) is 2.41. The van der Waals surface area contributed by atoms with Crippen molar-refractivity contribution in [2.45, 2.75) is 51.4 Å². The van der Waals surface area contributed by atoms with Crippen LogP contribution in [0.1, 0.15) is 51.4 Å². The Bertz CT molecular complexity index is 141. The summed E-state index contributed by atoms with van der Waals surface area (Å²) in [7, 11) is 0. The summed E-state index contributed by atoms with van der Waals surface area (Å²) in [4.78, 5) is 19.7. The predicted octanol–water partition coefficient (Wildman–Crippen LogP) is 2.45. The van der Waals surface area contributed by atoms with Gasteiger partial charge in [-0.2, -0.15) is 0 Å². The Morgan fingerprint density at radius 2 is 0.875 bits per heavy atom. The van der Waals surface area contributed by atoms with Gasteiger partial charge in [-0.3, -0.25) is 9.59 Å². The molecule has 4 heteroatoms. The molecule has 0 bridgehead atoms. The normalized spacial score (nSPS) is 9.75. The van der Waals surface area contributed by atoms with Gasteiger partial charge in [-0.25, -0.2) is 0 Å². The van der Waals surface area contributed by atoms with Gasteiger partial charge in [0.25, 0.3) is 12.9 Å². The summed E-state index contributed by atoms with van der Waals surface area (Å²) in [6.07, 6.45) is 9.05. The molecule has 0 aliphatic carbocycles. The number of carbonyl (C=O) groups excluding carboxylic acids is 2. The average Bonchev–Trinajstić information content (AvgIpc) is 2.31. The van der Waals surface area contributed by atoms with E-state index in [2.05, 4.69) is 9.47 Å². The minimum Gasteiger partial charge on any atom is -0.468 e. The van der Waals surface area contributed by atoms with Crippen molar-refractivity contribution in [3.8, 4) is 0 Å². The molecule has 4 nitrogen and oxygen atoms in total. The molecule has 0 aromatic heterocycles. The highest BCUT2D eigenvalue weighted by atomic mass is 16.5. The van der Waals surface area contributed by atoms with Gasteiger partial charge < -0.3 is 9.47 Å². The van der Waals surface area contributed by atoms with Crippen molar-refractivity contribution in [3.63, 3.8) is 0 Å². The molecule has 0 aliphatic heterocycles. The van der Waals surface area contributed by atoms with Crippen LogP contribution in [0.5, 0.6) is 0 Å². The first-order valence-electron chi connectivity index (χ1n) is 6.02. The van der Waals surface area contributed by atoms with Crippen LogP contribution in [0.3, 0.4) is 0 Å². The summed E-state index contributed by atoms with van der Waals surface area (Å²) in [6.45, 7) is 2.10. The number of unbranched alkanes of at least 4 members (excludes halogenated alkanes) is 7. The number of ether oxygens (including phenoxy) is 2. The second-order valence-corrected chi connectivity index (χ2v) is 3.76. The lowest BCUT2D eigenvalue weighted by atomic mass is 10.1. The van der Waals surface area contributed by atoms with Gasteiger partial charge >= 0.3 is 0 Å². The van der Waals surface area contributed by atoms with Gasteiger partial charge in [0.05, 0.1) is 13.2 Å². The number of hydrogen-bond donors (Lipinski definition) is 0. The highest BCUT2D eigenvalue weighted by Crippen LogP contribution is 2.08. The number of hydrogen-bond acceptors (Lipinski definition) is 4. The molecule has 0 spiro atoms. The van der Waals surface area contributed by atoms with E-state index in [0.717, 1.165) is 25.7 Å². The zero-order valence-electron chi connectivity index (χ0n) is 9.86. The zero-order chi connectivity index (χ0) is 11.9. The first-order valence-corrected chi connectivity index (χ1v) is 6.02. The van der Waals surface area contributed by atoms with Crippen molar-refractivity contribution in [1.82, 2.24) is 0 Å². The maximum absolute atomic E-state index is 9.83. The third kappa shape index (κ3) is 12.9. The predicted molar refractivity (Wildman–Crippen MR) is 61.0 cm³/mol. The molecule has 0 aliphatic rings. The molecule has 0 heterocycles. The van der Waals surface area contributed by atoms with Crippen molar-refractivity contribution in [3.05, 3.63) is 0 Å². The van der Waals surface area contributed by atoms with Crippen molar-refractivity contribution in [1.29, 1.82) is 0 Å². The molecule has 0 N–H and O–H groups in total. The molecule has 0 fully saturated rings. The second kappa shape index (κ2) is 13.9. The maximum atomic E-state index is 9.83. The number of carbonyl (C=O) groups is 2. The van der Waals surface area contributed by atoms with Crippen LogP contribution in [-0.2, 0) is 19.1 Å². The first-order chi connectivity index (χ1) is 7.91. The highest BCUT2D eigenvalue weighted by molar-refractivity contribution is 5.36. The average molecular weight is 230 g/mol. The minimum absolute atomic E-state index is 0.501. The maximum Gasteiger partial charge on any atom is 0.293 e. The van der Waals surface area contributed by atoms with E-state index in [1.807, 2.05) is 0 Å². The topological polar surface area (TPSA) is 52.6 Å². The van der Waals surface area contributed by atoms with Gasteiger partial charge in [0.1, 0.15) is 0 Å². The smallest absolute Gasteiger partial charge is 0.293 e. The molecule has 0 radical (unpaired) electrons. The van der Waals surface area contributed by atoms with Crippen LogP contribution < -0.4 is 0 Å². The van der Waals surface area contributed by atoms with E-state index in [-0.39, 0.29) is 0 Å². The van der Waals surface area contributed by atoms with E-state index in [1.54, 1.807) is 0 Å². The van der Waals surface area contributed by atoms with Crippen LogP contribution >= 0.6 is 0 Å². The Hall–Kier alpha value is -1.06. The van der Waals surface area contributed by atoms with Crippen molar-refractivity contribution in [2.24, 2.45) is 0 Å².